The first-order valence-corrected chi connectivity index (χ1v) is 23.2. The maximum atomic E-state index is 12.9. The molecule has 1 aliphatic rings. The summed E-state index contributed by atoms with van der Waals surface area (Å²) in [4.78, 5) is 23.3. The molecule has 0 bridgehead atoms. The van der Waals surface area contributed by atoms with Gasteiger partial charge in [0.2, 0.25) is 5.91 Å². The average molecular weight is 832 g/mol. The van der Waals surface area contributed by atoms with E-state index in [9.17, 15) is 50.0 Å². The summed E-state index contributed by atoms with van der Waals surface area (Å²) in [5.74, 6) is -0.621. The number of unbranched alkanes of at least 4 members (excludes halogenated alkanes) is 15. The Kier molecular flexibility index (Phi) is 30.9. The molecule has 0 spiro atoms. The Bertz CT molecular complexity index is 1170. The van der Waals surface area contributed by atoms with Gasteiger partial charge in [0.25, 0.3) is 0 Å². The SMILES string of the molecule is CCCC/C=C\CCCCCC(O)CC(=O)NC(COP(=O)(O)OC1C(O)C(O)C(O)C(O)C1O)C(O)/C=C/CC/C=C/CC/C=C/CCCCCCCCCC. The van der Waals surface area contributed by atoms with Crippen LogP contribution in [-0.4, -0.2) is 108 Å². The molecule has 13 nitrogen and oxygen atoms in total. The van der Waals surface area contributed by atoms with E-state index in [0.717, 1.165) is 57.8 Å². The number of hydrogen-bond acceptors (Lipinski definition) is 11. The van der Waals surface area contributed by atoms with E-state index in [0.29, 0.717) is 19.3 Å². The molecule has 0 saturated heterocycles. The minimum absolute atomic E-state index is 0.269. The molecule has 1 fully saturated rings. The number of rotatable bonds is 34. The van der Waals surface area contributed by atoms with Crippen molar-refractivity contribution in [2.75, 3.05) is 6.61 Å². The van der Waals surface area contributed by atoms with Gasteiger partial charge in [-0.1, -0.05) is 133 Å². The normalized spacial score (nSPS) is 24.5. The van der Waals surface area contributed by atoms with E-state index in [1.807, 2.05) is 0 Å². The molecule has 0 aromatic carbocycles. The maximum absolute atomic E-state index is 12.9. The van der Waals surface area contributed by atoms with Gasteiger partial charge in [0.15, 0.2) is 0 Å². The van der Waals surface area contributed by atoms with Crippen molar-refractivity contribution < 1.29 is 59.0 Å². The van der Waals surface area contributed by atoms with Crippen LogP contribution in [0.1, 0.15) is 155 Å². The molecule has 0 aliphatic heterocycles. The topological polar surface area (TPSA) is 226 Å². The molecule has 1 amide bonds. The smallest absolute Gasteiger partial charge is 0.393 e. The van der Waals surface area contributed by atoms with Gasteiger partial charge in [-0.25, -0.2) is 4.57 Å². The van der Waals surface area contributed by atoms with Gasteiger partial charge in [-0.15, -0.1) is 0 Å². The summed E-state index contributed by atoms with van der Waals surface area (Å²) in [7, 11) is -5.15. The molecule has 0 heterocycles. The number of nitrogens with one attached hydrogen (secondary N) is 1. The van der Waals surface area contributed by atoms with Gasteiger partial charge in [-0.3, -0.25) is 13.8 Å². The predicted octanol–water partition coefficient (Wildman–Crippen LogP) is 6.36. The number of phosphoric acid groups is 1. The van der Waals surface area contributed by atoms with Crippen molar-refractivity contribution in [3.8, 4) is 0 Å². The predicted molar refractivity (Wildman–Crippen MR) is 224 cm³/mol. The van der Waals surface area contributed by atoms with Crippen molar-refractivity contribution in [1.29, 1.82) is 0 Å². The summed E-state index contributed by atoms with van der Waals surface area (Å²) in [6.45, 7) is 3.63. The fourth-order valence-corrected chi connectivity index (χ4v) is 7.45. The Balaban J connectivity index is 2.64. The molecule has 0 aromatic heterocycles. The summed E-state index contributed by atoms with van der Waals surface area (Å²) in [5, 5.41) is 74.1. The van der Waals surface area contributed by atoms with Crippen molar-refractivity contribution in [2.45, 2.75) is 210 Å². The van der Waals surface area contributed by atoms with Gasteiger partial charge in [-0.2, -0.15) is 0 Å². The molecule has 1 saturated carbocycles. The summed E-state index contributed by atoms with van der Waals surface area (Å²) < 4.78 is 22.8. The third kappa shape index (κ3) is 25.5. The monoisotopic (exact) mass is 832 g/mol. The van der Waals surface area contributed by atoms with E-state index >= 15 is 0 Å². The van der Waals surface area contributed by atoms with Gasteiger partial charge >= 0.3 is 7.82 Å². The van der Waals surface area contributed by atoms with Crippen LogP contribution in [0.2, 0.25) is 0 Å². The van der Waals surface area contributed by atoms with Gasteiger partial charge in [0, 0.05) is 0 Å². The number of phosphoric ester groups is 1. The lowest BCUT2D eigenvalue weighted by atomic mass is 9.85. The van der Waals surface area contributed by atoms with Crippen LogP contribution in [0.25, 0.3) is 0 Å². The zero-order chi connectivity index (χ0) is 42.3. The van der Waals surface area contributed by atoms with Gasteiger partial charge in [0.1, 0.15) is 36.6 Å². The number of hydrogen-bond donors (Lipinski definition) is 9. The average Bonchev–Trinajstić information content (AvgIpc) is 3.18. The summed E-state index contributed by atoms with van der Waals surface area (Å²) in [5.41, 5.74) is 0. The summed E-state index contributed by atoms with van der Waals surface area (Å²) >= 11 is 0. The highest BCUT2D eigenvalue weighted by molar-refractivity contribution is 7.47. The lowest BCUT2D eigenvalue weighted by Gasteiger charge is -2.41. The minimum Gasteiger partial charge on any atom is -0.393 e. The quantitative estimate of drug-likeness (QED) is 0.0196. The molecule has 14 heteroatoms. The Morgan fingerprint density at radius 3 is 1.60 bits per heavy atom. The number of carbonyl (C=O) groups excluding carboxylic acids is 1. The minimum atomic E-state index is -5.15. The third-order valence-corrected chi connectivity index (χ3v) is 11.1. The van der Waals surface area contributed by atoms with Gasteiger partial charge in [-0.05, 0) is 64.2 Å². The second kappa shape index (κ2) is 33.0. The first-order valence-electron chi connectivity index (χ1n) is 21.7. The first kappa shape index (κ1) is 53.3. The van der Waals surface area contributed by atoms with Crippen LogP contribution in [-0.2, 0) is 18.4 Å². The number of carbonyl (C=O) groups is 1. The largest absolute Gasteiger partial charge is 0.472 e. The Hall–Kier alpha value is -1.74. The number of allylic oxidation sites excluding steroid dienone is 7. The van der Waals surface area contributed by atoms with Crippen LogP contribution in [0.3, 0.4) is 0 Å². The second-order valence-electron chi connectivity index (χ2n) is 15.4. The van der Waals surface area contributed by atoms with Gasteiger partial charge < -0.3 is 46.0 Å². The van der Waals surface area contributed by atoms with Crippen molar-refractivity contribution in [2.24, 2.45) is 0 Å². The fourth-order valence-electron chi connectivity index (χ4n) is 6.49. The van der Waals surface area contributed by atoms with Crippen molar-refractivity contribution in [3.63, 3.8) is 0 Å². The van der Waals surface area contributed by atoms with Crippen LogP contribution in [0.5, 0.6) is 0 Å². The summed E-state index contributed by atoms with van der Waals surface area (Å²) in [6.07, 6.45) is 23.7. The molecular formula is C43H78NO12P. The third-order valence-electron chi connectivity index (χ3n) is 10.1. The van der Waals surface area contributed by atoms with Crippen LogP contribution in [0.4, 0.5) is 0 Å². The molecule has 8 atom stereocenters. The Morgan fingerprint density at radius 2 is 1.05 bits per heavy atom. The number of aliphatic hydroxyl groups is 7. The van der Waals surface area contributed by atoms with E-state index < -0.39 is 75.2 Å². The van der Waals surface area contributed by atoms with E-state index in [1.54, 1.807) is 6.08 Å². The molecule has 1 aliphatic carbocycles. The zero-order valence-electron chi connectivity index (χ0n) is 34.7. The zero-order valence-corrected chi connectivity index (χ0v) is 35.6. The highest BCUT2D eigenvalue weighted by Crippen LogP contribution is 2.47. The van der Waals surface area contributed by atoms with Crippen LogP contribution >= 0.6 is 7.82 Å². The van der Waals surface area contributed by atoms with Gasteiger partial charge in [0.05, 0.1) is 31.3 Å². The second-order valence-corrected chi connectivity index (χ2v) is 16.8. The lowest BCUT2D eigenvalue weighted by molar-refractivity contribution is -0.220. The molecule has 332 valence electrons. The van der Waals surface area contributed by atoms with E-state index in [4.69, 9.17) is 9.05 Å². The Labute approximate surface area is 342 Å². The molecule has 0 radical (unpaired) electrons. The maximum Gasteiger partial charge on any atom is 0.472 e. The standard InChI is InChI=1S/C43H78NO12P/c1-3-5-7-9-11-13-14-15-16-17-18-19-20-21-23-25-27-29-31-36(46)35(44-37(47)32-34(45)30-28-26-24-22-12-10-8-6-4-2)33-55-57(53,54)56-43-41(51)39(49)38(48)40(50)42(43)52/h10,12,17-18,21,23,29,31,34-36,38-43,45-46,48-52H,3-9,11,13-16,19-20,22,24-28,30,32-33H2,1-2H3,(H,44,47)(H,53,54)/b12-10-,18-17+,23-21+,31-29+. The van der Waals surface area contributed by atoms with E-state index in [2.05, 4.69) is 55.6 Å². The molecule has 8 unspecified atom stereocenters. The van der Waals surface area contributed by atoms with Crippen molar-refractivity contribution in [3.05, 3.63) is 48.6 Å². The van der Waals surface area contributed by atoms with Crippen LogP contribution in [0, 0.1) is 0 Å². The highest BCUT2D eigenvalue weighted by atomic mass is 31.2. The van der Waals surface area contributed by atoms with Crippen molar-refractivity contribution in [1.82, 2.24) is 5.32 Å². The number of amides is 1. The molecule has 57 heavy (non-hydrogen) atoms. The highest BCUT2D eigenvalue weighted by Gasteiger charge is 2.51. The summed E-state index contributed by atoms with van der Waals surface area (Å²) in [6, 6.07) is -1.27. The number of aliphatic hydroxyl groups excluding tert-OH is 7. The van der Waals surface area contributed by atoms with Crippen LogP contribution in [0.15, 0.2) is 48.6 Å². The fraction of sp³-hybridized carbons (Fsp3) is 0.791. The molecule has 0 aromatic rings. The first-order chi connectivity index (χ1) is 27.3. The van der Waals surface area contributed by atoms with Crippen LogP contribution < -0.4 is 5.32 Å². The lowest BCUT2D eigenvalue weighted by Crippen LogP contribution is -2.64. The molecule has 1 rings (SSSR count). The molecular weight excluding hydrogens is 753 g/mol. The van der Waals surface area contributed by atoms with E-state index in [-0.39, 0.29) is 6.42 Å². The Morgan fingerprint density at radius 1 is 0.614 bits per heavy atom. The molecule has 9 N–H and O–H groups in total. The van der Waals surface area contributed by atoms with E-state index in [1.165, 1.54) is 63.9 Å². The van der Waals surface area contributed by atoms with Crippen molar-refractivity contribution >= 4 is 13.7 Å².